The van der Waals surface area contributed by atoms with Gasteiger partial charge in [0.2, 0.25) is 0 Å². The SMILES string of the molecule is COc1cc(C=NNS(=O)(=O)c2cc(C)ccc2C)ccc1OCc1csc(C)n1. The maximum atomic E-state index is 12.5. The van der Waals surface area contributed by atoms with Gasteiger partial charge >= 0.3 is 0 Å². The quantitative estimate of drug-likeness (QED) is 0.419. The van der Waals surface area contributed by atoms with Gasteiger partial charge in [-0.25, -0.2) is 9.82 Å². The third kappa shape index (κ3) is 5.37. The van der Waals surface area contributed by atoms with Crippen LogP contribution in [0.15, 0.2) is 51.8 Å². The average Bonchev–Trinajstić information content (AvgIpc) is 3.13. The van der Waals surface area contributed by atoms with Crippen LogP contribution in [0.4, 0.5) is 0 Å². The summed E-state index contributed by atoms with van der Waals surface area (Å²) in [5.41, 5.74) is 3.03. The Bertz CT molecular complexity index is 1170. The third-order valence-corrected chi connectivity index (χ3v) is 6.44. The Labute approximate surface area is 180 Å². The van der Waals surface area contributed by atoms with E-state index in [9.17, 15) is 8.42 Å². The first-order valence-corrected chi connectivity index (χ1v) is 11.5. The standard InChI is InChI=1S/C21H23N3O4S2/c1-14-5-6-15(2)21(9-14)30(25,26)24-22-11-17-7-8-19(20(10-17)27-4)28-12-18-13-29-16(3)23-18/h5-11,13,24H,12H2,1-4H3. The summed E-state index contributed by atoms with van der Waals surface area (Å²) in [7, 11) is -2.21. The van der Waals surface area contributed by atoms with Crippen molar-refractivity contribution in [1.29, 1.82) is 0 Å². The number of hydrogen-bond acceptors (Lipinski definition) is 7. The van der Waals surface area contributed by atoms with E-state index in [1.165, 1.54) is 6.21 Å². The number of sulfonamides is 1. The highest BCUT2D eigenvalue weighted by molar-refractivity contribution is 7.89. The highest BCUT2D eigenvalue weighted by Crippen LogP contribution is 2.28. The van der Waals surface area contributed by atoms with Crippen molar-refractivity contribution >= 4 is 27.6 Å². The zero-order valence-corrected chi connectivity index (χ0v) is 18.8. The maximum Gasteiger partial charge on any atom is 0.276 e. The van der Waals surface area contributed by atoms with E-state index in [-0.39, 0.29) is 4.90 Å². The van der Waals surface area contributed by atoms with E-state index < -0.39 is 10.0 Å². The summed E-state index contributed by atoms with van der Waals surface area (Å²) in [6.07, 6.45) is 1.42. The number of thiazole rings is 1. The molecule has 0 aliphatic carbocycles. The van der Waals surface area contributed by atoms with Gasteiger partial charge in [-0.15, -0.1) is 11.3 Å². The van der Waals surface area contributed by atoms with Crippen LogP contribution in [0.1, 0.15) is 27.4 Å². The van der Waals surface area contributed by atoms with Crippen LogP contribution < -0.4 is 14.3 Å². The van der Waals surface area contributed by atoms with Crippen LogP contribution in [0.3, 0.4) is 0 Å². The van der Waals surface area contributed by atoms with Gasteiger partial charge in [0, 0.05) is 5.38 Å². The Hall–Kier alpha value is -2.91. The fraction of sp³-hybridized carbons (Fsp3) is 0.238. The molecule has 0 saturated heterocycles. The molecule has 0 amide bonds. The molecule has 30 heavy (non-hydrogen) atoms. The molecule has 0 spiro atoms. The van der Waals surface area contributed by atoms with Crippen molar-refractivity contribution in [1.82, 2.24) is 9.82 Å². The molecular weight excluding hydrogens is 422 g/mol. The average molecular weight is 446 g/mol. The summed E-state index contributed by atoms with van der Waals surface area (Å²) in [6.45, 7) is 5.86. The van der Waals surface area contributed by atoms with Crippen molar-refractivity contribution in [2.45, 2.75) is 32.3 Å². The molecule has 0 saturated carbocycles. The minimum atomic E-state index is -3.75. The Balaban J connectivity index is 1.70. The van der Waals surface area contributed by atoms with E-state index in [1.54, 1.807) is 55.7 Å². The number of ether oxygens (including phenoxy) is 2. The Kier molecular flexibility index (Phi) is 6.73. The summed E-state index contributed by atoms with van der Waals surface area (Å²) < 4.78 is 36.2. The summed E-state index contributed by atoms with van der Waals surface area (Å²) in [4.78, 5) is 6.83. The van der Waals surface area contributed by atoms with Crippen LogP contribution in [0.2, 0.25) is 0 Å². The van der Waals surface area contributed by atoms with Gasteiger partial charge in [-0.1, -0.05) is 12.1 Å². The Morgan fingerprint density at radius 2 is 1.93 bits per heavy atom. The van der Waals surface area contributed by atoms with Crippen molar-refractivity contribution in [2.24, 2.45) is 5.10 Å². The zero-order chi connectivity index (χ0) is 21.7. The third-order valence-electron chi connectivity index (χ3n) is 4.25. The second-order valence-corrected chi connectivity index (χ2v) is 9.37. The van der Waals surface area contributed by atoms with Crippen LogP contribution >= 0.6 is 11.3 Å². The number of aryl methyl sites for hydroxylation is 3. The van der Waals surface area contributed by atoms with E-state index in [0.717, 1.165) is 16.3 Å². The first-order valence-electron chi connectivity index (χ1n) is 9.12. The number of hydrogen-bond donors (Lipinski definition) is 1. The molecule has 0 bridgehead atoms. The van der Waals surface area contributed by atoms with Gasteiger partial charge in [0.05, 0.1) is 28.9 Å². The monoisotopic (exact) mass is 445 g/mol. The largest absolute Gasteiger partial charge is 0.493 e. The van der Waals surface area contributed by atoms with Crippen LogP contribution in [-0.2, 0) is 16.6 Å². The smallest absolute Gasteiger partial charge is 0.276 e. The molecular formula is C21H23N3O4S2. The first-order chi connectivity index (χ1) is 14.3. The lowest BCUT2D eigenvalue weighted by molar-refractivity contribution is 0.281. The maximum absolute atomic E-state index is 12.5. The molecule has 0 aliphatic heterocycles. The van der Waals surface area contributed by atoms with Gasteiger partial charge < -0.3 is 9.47 Å². The highest BCUT2D eigenvalue weighted by Gasteiger charge is 2.16. The molecule has 0 radical (unpaired) electrons. The topological polar surface area (TPSA) is 89.9 Å². The van der Waals surface area contributed by atoms with Crippen molar-refractivity contribution in [3.63, 3.8) is 0 Å². The predicted molar refractivity (Wildman–Crippen MR) is 118 cm³/mol. The number of methoxy groups -OCH3 is 1. The Morgan fingerprint density at radius 1 is 1.13 bits per heavy atom. The van der Waals surface area contributed by atoms with Gasteiger partial charge in [0.25, 0.3) is 10.0 Å². The summed E-state index contributed by atoms with van der Waals surface area (Å²) in [6, 6.07) is 10.5. The van der Waals surface area contributed by atoms with Crippen molar-refractivity contribution < 1.29 is 17.9 Å². The molecule has 3 aromatic rings. The fourth-order valence-electron chi connectivity index (χ4n) is 2.73. The molecule has 0 atom stereocenters. The van der Waals surface area contributed by atoms with E-state index in [4.69, 9.17) is 9.47 Å². The number of nitrogens with zero attached hydrogens (tertiary/aromatic N) is 2. The number of rotatable bonds is 8. The normalized spacial score (nSPS) is 11.6. The van der Waals surface area contributed by atoms with Crippen LogP contribution in [0.5, 0.6) is 11.5 Å². The fourth-order valence-corrected chi connectivity index (χ4v) is 4.45. The first kappa shape index (κ1) is 21.8. The molecule has 3 rings (SSSR count). The van der Waals surface area contributed by atoms with Crippen molar-refractivity contribution in [3.05, 3.63) is 69.2 Å². The second kappa shape index (κ2) is 9.27. The summed E-state index contributed by atoms with van der Waals surface area (Å²) >= 11 is 1.57. The van der Waals surface area contributed by atoms with Gasteiger partial charge in [-0.2, -0.15) is 13.5 Å². The van der Waals surface area contributed by atoms with Crippen LogP contribution in [-0.4, -0.2) is 26.7 Å². The molecule has 0 unspecified atom stereocenters. The van der Waals surface area contributed by atoms with Crippen LogP contribution in [0.25, 0.3) is 0 Å². The van der Waals surface area contributed by atoms with Gasteiger partial charge in [-0.05, 0) is 61.7 Å². The zero-order valence-electron chi connectivity index (χ0n) is 17.2. The molecule has 2 aromatic carbocycles. The Morgan fingerprint density at radius 3 is 2.63 bits per heavy atom. The lowest BCUT2D eigenvalue weighted by Crippen LogP contribution is -2.19. The van der Waals surface area contributed by atoms with E-state index >= 15 is 0 Å². The molecule has 7 nitrogen and oxygen atoms in total. The highest BCUT2D eigenvalue weighted by atomic mass is 32.2. The number of benzene rings is 2. The van der Waals surface area contributed by atoms with Crippen LogP contribution in [0, 0.1) is 20.8 Å². The van der Waals surface area contributed by atoms with E-state index in [1.807, 2.05) is 25.3 Å². The van der Waals surface area contributed by atoms with Gasteiger partial charge in [-0.3, -0.25) is 0 Å². The number of hydrazone groups is 1. The molecule has 158 valence electrons. The molecule has 9 heteroatoms. The van der Waals surface area contributed by atoms with Crippen molar-refractivity contribution in [3.8, 4) is 11.5 Å². The molecule has 1 N–H and O–H groups in total. The minimum Gasteiger partial charge on any atom is -0.493 e. The molecule has 0 fully saturated rings. The molecule has 1 heterocycles. The minimum absolute atomic E-state index is 0.207. The lowest BCUT2D eigenvalue weighted by atomic mass is 10.2. The number of nitrogens with one attached hydrogen (secondary N) is 1. The van der Waals surface area contributed by atoms with Crippen molar-refractivity contribution in [2.75, 3.05) is 7.11 Å². The summed E-state index contributed by atoms with van der Waals surface area (Å²) in [5.74, 6) is 1.08. The lowest BCUT2D eigenvalue weighted by Gasteiger charge is -2.10. The van der Waals surface area contributed by atoms with E-state index in [0.29, 0.717) is 29.2 Å². The molecule has 0 aliphatic rings. The molecule has 1 aromatic heterocycles. The van der Waals surface area contributed by atoms with Gasteiger partial charge in [0.15, 0.2) is 11.5 Å². The van der Waals surface area contributed by atoms with Gasteiger partial charge in [0.1, 0.15) is 6.61 Å². The predicted octanol–water partition coefficient (Wildman–Crippen LogP) is 3.97. The number of aromatic nitrogens is 1. The van der Waals surface area contributed by atoms with E-state index in [2.05, 4.69) is 14.9 Å². The summed E-state index contributed by atoms with van der Waals surface area (Å²) in [5, 5.41) is 6.83. The second-order valence-electron chi connectivity index (χ2n) is 6.68.